The molecule has 0 radical (unpaired) electrons. The van der Waals surface area contributed by atoms with Crippen LogP contribution in [-0.2, 0) is 22.7 Å². The third-order valence-corrected chi connectivity index (χ3v) is 5.09. The zero-order chi connectivity index (χ0) is 21.1. The number of methoxy groups -OCH3 is 1. The van der Waals surface area contributed by atoms with E-state index in [-0.39, 0.29) is 18.4 Å². The lowest BCUT2D eigenvalue weighted by atomic mass is 10.2. The first-order valence-electron chi connectivity index (χ1n) is 9.80. The molecule has 154 valence electrons. The number of amides is 2. The molecule has 0 aliphatic carbocycles. The molecule has 0 unspecified atom stereocenters. The quantitative estimate of drug-likeness (QED) is 0.496. The summed E-state index contributed by atoms with van der Waals surface area (Å²) >= 11 is 0. The van der Waals surface area contributed by atoms with E-state index in [1.165, 1.54) is 6.92 Å². The van der Waals surface area contributed by atoms with Gasteiger partial charge in [-0.25, -0.2) is 0 Å². The number of rotatable bonds is 7. The van der Waals surface area contributed by atoms with Crippen LogP contribution in [0.4, 0.5) is 5.69 Å². The smallest absolute Gasteiger partial charge is 0.240 e. The summed E-state index contributed by atoms with van der Waals surface area (Å²) < 4.78 is 9.25. The van der Waals surface area contributed by atoms with Crippen LogP contribution in [0.2, 0.25) is 0 Å². The van der Waals surface area contributed by atoms with Crippen LogP contribution < -0.4 is 15.4 Å². The number of carbonyl (C=O) groups excluding carboxylic acids is 2. The normalized spacial score (nSPS) is 11.0. The van der Waals surface area contributed by atoms with Crippen LogP contribution in [0.5, 0.6) is 5.75 Å². The van der Waals surface area contributed by atoms with E-state index in [2.05, 4.69) is 15.2 Å². The van der Waals surface area contributed by atoms with Crippen molar-refractivity contribution in [1.29, 1.82) is 0 Å². The van der Waals surface area contributed by atoms with Gasteiger partial charge in [-0.3, -0.25) is 9.59 Å². The summed E-state index contributed by atoms with van der Waals surface area (Å²) in [6, 6.07) is 15.6. The molecule has 0 spiro atoms. The number of aromatic nitrogens is 2. The molecule has 0 aliphatic heterocycles. The minimum absolute atomic E-state index is 0.0597. The molecule has 2 heterocycles. The third-order valence-electron chi connectivity index (χ3n) is 5.09. The van der Waals surface area contributed by atoms with Crippen LogP contribution in [0, 0.1) is 0 Å². The number of fused-ring (bicyclic) bond motifs is 2. The molecule has 2 aromatic heterocycles. The average Bonchev–Trinajstić information content (AvgIpc) is 3.32. The molecule has 0 fully saturated rings. The lowest BCUT2D eigenvalue weighted by molar-refractivity contribution is -0.121. The van der Waals surface area contributed by atoms with E-state index in [1.54, 1.807) is 7.11 Å². The topological polar surface area (TPSA) is 77.3 Å². The lowest BCUT2D eigenvalue weighted by Gasteiger charge is -2.10. The van der Waals surface area contributed by atoms with Gasteiger partial charge in [0.15, 0.2) is 0 Å². The molecular formula is C23H24N4O3. The van der Waals surface area contributed by atoms with Gasteiger partial charge in [0.1, 0.15) is 12.3 Å². The number of hydrogen-bond donors (Lipinski definition) is 2. The van der Waals surface area contributed by atoms with Gasteiger partial charge in [0, 0.05) is 48.7 Å². The number of ether oxygens (including phenoxy) is 1. The van der Waals surface area contributed by atoms with Crippen molar-refractivity contribution >= 4 is 39.3 Å². The van der Waals surface area contributed by atoms with E-state index in [0.29, 0.717) is 13.1 Å². The predicted molar refractivity (Wildman–Crippen MR) is 118 cm³/mol. The molecule has 2 amide bonds. The highest BCUT2D eigenvalue weighted by molar-refractivity contribution is 6.01. The second kappa shape index (κ2) is 8.32. The second-order valence-electron chi connectivity index (χ2n) is 7.15. The summed E-state index contributed by atoms with van der Waals surface area (Å²) in [5.74, 6) is 0.647. The first-order chi connectivity index (χ1) is 14.5. The Hall–Kier alpha value is -3.74. The van der Waals surface area contributed by atoms with Crippen LogP contribution >= 0.6 is 0 Å². The number of hydrogen-bond acceptors (Lipinski definition) is 3. The van der Waals surface area contributed by atoms with Gasteiger partial charge in [0.2, 0.25) is 11.8 Å². The maximum Gasteiger partial charge on any atom is 0.240 e. The minimum Gasteiger partial charge on any atom is -0.497 e. The first-order valence-corrected chi connectivity index (χ1v) is 9.80. The van der Waals surface area contributed by atoms with Crippen molar-refractivity contribution in [2.24, 2.45) is 0 Å². The molecule has 0 saturated heterocycles. The summed E-state index contributed by atoms with van der Waals surface area (Å²) in [5, 5.41) is 7.82. The van der Waals surface area contributed by atoms with E-state index in [0.717, 1.165) is 33.2 Å². The standard InChI is InChI=1S/C23H24N4O3/c1-16(28)25-20-4-3-5-22-19(20)9-12-27(22)15-23(29)24-10-13-26-11-8-17-14-18(30-2)6-7-21(17)26/h3-9,11-12,14H,10,13,15H2,1-2H3,(H,24,29)(H,25,28). The Kier molecular flexibility index (Phi) is 5.43. The summed E-state index contributed by atoms with van der Waals surface area (Å²) in [6.45, 7) is 2.91. The highest BCUT2D eigenvalue weighted by atomic mass is 16.5. The van der Waals surface area contributed by atoms with Crippen LogP contribution in [0.25, 0.3) is 21.8 Å². The van der Waals surface area contributed by atoms with Gasteiger partial charge in [0.05, 0.1) is 18.3 Å². The molecule has 4 aromatic rings. The largest absolute Gasteiger partial charge is 0.497 e. The molecule has 0 atom stereocenters. The summed E-state index contributed by atoms with van der Waals surface area (Å²) in [7, 11) is 1.66. The molecular weight excluding hydrogens is 380 g/mol. The molecule has 7 nitrogen and oxygen atoms in total. The van der Waals surface area contributed by atoms with E-state index < -0.39 is 0 Å². The van der Waals surface area contributed by atoms with Crippen LogP contribution in [0.1, 0.15) is 6.92 Å². The second-order valence-corrected chi connectivity index (χ2v) is 7.15. The summed E-state index contributed by atoms with van der Waals surface area (Å²) in [4.78, 5) is 23.8. The lowest BCUT2D eigenvalue weighted by Crippen LogP contribution is -2.30. The molecule has 0 aliphatic rings. The zero-order valence-electron chi connectivity index (χ0n) is 17.0. The molecule has 2 N–H and O–H groups in total. The molecule has 4 rings (SSSR count). The first kappa shape index (κ1) is 19.6. The maximum atomic E-state index is 12.5. The number of anilines is 1. The fraction of sp³-hybridized carbons (Fsp3) is 0.217. The van der Waals surface area contributed by atoms with Crippen LogP contribution in [-0.4, -0.2) is 34.6 Å². The van der Waals surface area contributed by atoms with Crippen molar-refractivity contribution in [3.63, 3.8) is 0 Å². The fourth-order valence-electron chi connectivity index (χ4n) is 3.69. The van der Waals surface area contributed by atoms with Crippen molar-refractivity contribution in [2.45, 2.75) is 20.0 Å². The fourth-order valence-corrected chi connectivity index (χ4v) is 3.69. The monoisotopic (exact) mass is 404 g/mol. The Bertz CT molecular complexity index is 1220. The van der Waals surface area contributed by atoms with Gasteiger partial charge in [-0.05, 0) is 42.5 Å². The maximum absolute atomic E-state index is 12.5. The van der Waals surface area contributed by atoms with Crippen molar-refractivity contribution in [3.05, 3.63) is 60.9 Å². The Morgan fingerprint density at radius 1 is 1.00 bits per heavy atom. The van der Waals surface area contributed by atoms with Crippen molar-refractivity contribution < 1.29 is 14.3 Å². The van der Waals surface area contributed by atoms with Gasteiger partial charge in [-0.15, -0.1) is 0 Å². The number of nitrogens with zero attached hydrogens (tertiary/aromatic N) is 2. The SMILES string of the molecule is COc1ccc2c(ccn2CCNC(=O)Cn2ccc3c(NC(C)=O)cccc32)c1. The number of benzene rings is 2. The van der Waals surface area contributed by atoms with Crippen LogP contribution in [0.3, 0.4) is 0 Å². The molecule has 7 heteroatoms. The van der Waals surface area contributed by atoms with E-state index >= 15 is 0 Å². The van der Waals surface area contributed by atoms with Gasteiger partial charge in [-0.1, -0.05) is 6.07 Å². The Labute approximate surface area is 174 Å². The number of carbonyl (C=O) groups is 2. The Morgan fingerprint density at radius 3 is 2.63 bits per heavy atom. The highest BCUT2D eigenvalue weighted by Gasteiger charge is 2.10. The van der Waals surface area contributed by atoms with Gasteiger partial charge >= 0.3 is 0 Å². The molecule has 0 bridgehead atoms. The Morgan fingerprint density at radius 2 is 1.83 bits per heavy atom. The van der Waals surface area contributed by atoms with E-state index in [1.807, 2.05) is 65.5 Å². The average molecular weight is 404 g/mol. The van der Waals surface area contributed by atoms with Crippen molar-refractivity contribution in [1.82, 2.24) is 14.5 Å². The summed E-state index contributed by atoms with van der Waals surface area (Å²) in [5.41, 5.74) is 2.75. The van der Waals surface area contributed by atoms with Gasteiger partial charge < -0.3 is 24.5 Å². The van der Waals surface area contributed by atoms with E-state index in [4.69, 9.17) is 4.74 Å². The molecule has 30 heavy (non-hydrogen) atoms. The van der Waals surface area contributed by atoms with Crippen LogP contribution in [0.15, 0.2) is 60.9 Å². The van der Waals surface area contributed by atoms with Gasteiger partial charge in [-0.2, -0.15) is 0 Å². The highest BCUT2D eigenvalue weighted by Crippen LogP contribution is 2.24. The number of nitrogens with one attached hydrogen (secondary N) is 2. The van der Waals surface area contributed by atoms with E-state index in [9.17, 15) is 9.59 Å². The third kappa shape index (κ3) is 4.00. The van der Waals surface area contributed by atoms with Crippen molar-refractivity contribution in [2.75, 3.05) is 19.0 Å². The molecule has 2 aromatic carbocycles. The van der Waals surface area contributed by atoms with Gasteiger partial charge in [0.25, 0.3) is 0 Å². The summed E-state index contributed by atoms with van der Waals surface area (Å²) in [6.07, 6.45) is 3.88. The zero-order valence-corrected chi connectivity index (χ0v) is 17.0. The van der Waals surface area contributed by atoms with Crippen molar-refractivity contribution in [3.8, 4) is 5.75 Å². The predicted octanol–water partition coefficient (Wildman–Crippen LogP) is 3.38. The Balaban J connectivity index is 1.38. The molecule has 0 saturated carbocycles. The minimum atomic E-state index is -0.121.